The highest BCUT2D eigenvalue weighted by Gasteiger charge is 2.32. The molecule has 23 heavy (non-hydrogen) atoms. The Hall–Kier alpha value is -1.55. The maximum Gasteiger partial charge on any atom is 0.407 e. The zero-order valence-electron chi connectivity index (χ0n) is 15.0. The van der Waals surface area contributed by atoms with E-state index in [9.17, 15) is 4.79 Å². The molecule has 1 amide bonds. The molecule has 0 aliphatic carbocycles. The molecular formula is C19H30N2O2. The molecule has 1 saturated heterocycles. The lowest BCUT2D eigenvalue weighted by Crippen LogP contribution is -2.53. The van der Waals surface area contributed by atoms with Crippen LogP contribution in [0.2, 0.25) is 0 Å². The van der Waals surface area contributed by atoms with Gasteiger partial charge in [0.15, 0.2) is 0 Å². The van der Waals surface area contributed by atoms with Crippen molar-refractivity contribution in [3.8, 4) is 0 Å². The van der Waals surface area contributed by atoms with Crippen LogP contribution in [-0.2, 0) is 11.3 Å². The zero-order valence-corrected chi connectivity index (χ0v) is 15.0. The van der Waals surface area contributed by atoms with Crippen LogP contribution in [0.5, 0.6) is 0 Å². The van der Waals surface area contributed by atoms with Crippen molar-refractivity contribution in [1.29, 1.82) is 0 Å². The second-order valence-corrected chi connectivity index (χ2v) is 7.67. The van der Waals surface area contributed by atoms with Gasteiger partial charge in [-0.05, 0) is 53.0 Å². The number of nitrogens with one attached hydrogen (secondary N) is 1. The highest BCUT2D eigenvalue weighted by molar-refractivity contribution is 5.68. The Balaban J connectivity index is 1.90. The van der Waals surface area contributed by atoms with Gasteiger partial charge >= 0.3 is 6.09 Å². The Kier molecular flexibility index (Phi) is 5.69. The molecule has 1 aromatic carbocycles. The van der Waals surface area contributed by atoms with E-state index in [0.717, 1.165) is 19.4 Å². The van der Waals surface area contributed by atoms with Crippen molar-refractivity contribution in [1.82, 2.24) is 10.2 Å². The molecule has 1 N–H and O–H groups in total. The van der Waals surface area contributed by atoms with Gasteiger partial charge in [0.05, 0.1) is 0 Å². The lowest BCUT2D eigenvalue weighted by molar-refractivity contribution is 0.0385. The minimum Gasteiger partial charge on any atom is -0.444 e. The molecule has 0 spiro atoms. The Bertz CT molecular complexity index is 498. The van der Waals surface area contributed by atoms with E-state index in [1.165, 1.54) is 5.56 Å². The summed E-state index contributed by atoms with van der Waals surface area (Å²) < 4.78 is 5.37. The number of alkyl carbamates (subject to hydrolysis) is 1. The molecule has 4 heteroatoms. The fraction of sp³-hybridized carbons (Fsp3) is 0.632. The Morgan fingerprint density at radius 1 is 1.17 bits per heavy atom. The molecule has 2 atom stereocenters. The lowest BCUT2D eigenvalue weighted by Gasteiger charge is -2.43. The van der Waals surface area contributed by atoms with E-state index in [4.69, 9.17) is 4.74 Å². The first-order valence-electron chi connectivity index (χ1n) is 8.54. The number of amides is 1. The topological polar surface area (TPSA) is 41.6 Å². The van der Waals surface area contributed by atoms with E-state index in [1.807, 2.05) is 26.8 Å². The van der Waals surface area contributed by atoms with Gasteiger partial charge in [0, 0.05) is 24.7 Å². The van der Waals surface area contributed by atoms with E-state index >= 15 is 0 Å². The largest absolute Gasteiger partial charge is 0.444 e. The molecule has 0 saturated carbocycles. The summed E-state index contributed by atoms with van der Waals surface area (Å²) in [5.74, 6) is 0. The summed E-state index contributed by atoms with van der Waals surface area (Å²) in [4.78, 5) is 14.5. The van der Waals surface area contributed by atoms with Crippen molar-refractivity contribution in [3.05, 3.63) is 35.9 Å². The lowest BCUT2D eigenvalue weighted by atomic mass is 9.92. The first-order valence-corrected chi connectivity index (χ1v) is 8.54. The van der Waals surface area contributed by atoms with Crippen molar-refractivity contribution in [2.45, 2.75) is 77.7 Å². The SMILES string of the molecule is C[C@H]1CC(NC(=O)OC(C)(C)C)C[C@H](C)N1Cc1ccccc1. The molecule has 128 valence electrons. The van der Waals surface area contributed by atoms with Gasteiger partial charge in [-0.2, -0.15) is 0 Å². The van der Waals surface area contributed by atoms with Crippen LogP contribution >= 0.6 is 0 Å². The number of carbonyl (C=O) groups excluding carboxylic acids is 1. The van der Waals surface area contributed by atoms with Crippen molar-refractivity contribution < 1.29 is 9.53 Å². The molecule has 1 aliphatic heterocycles. The van der Waals surface area contributed by atoms with Crippen LogP contribution in [0.25, 0.3) is 0 Å². The predicted octanol–water partition coefficient (Wildman–Crippen LogP) is 3.95. The third-order valence-corrected chi connectivity index (χ3v) is 4.31. The maximum absolute atomic E-state index is 12.0. The quantitative estimate of drug-likeness (QED) is 0.917. The van der Waals surface area contributed by atoms with Crippen LogP contribution in [-0.4, -0.2) is 34.7 Å². The van der Waals surface area contributed by atoms with Gasteiger partial charge < -0.3 is 10.1 Å². The van der Waals surface area contributed by atoms with E-state index in [1.54, 1.807) is 0 Å². The van der Waals surface area contributed by atoms with Crippen LogP contribution in [0.1, 0.15) is 53.0 Å². The summed E-state index contributed by atoms with van der Waals surface area (Å²) >= 11 is 0. The molecule has 0 bridgehead atoms. The number of carbonyl (C=O) groups is 1. The van der Waals surface area contributed by atoms with Crippen molar-refractivity contribution >= 4 is 6.09 Å². The summed E-state index contributed by atoms with van der Waals surface area (Å²) in [5.41, 5.74) is 0.889. The summed E-state index contributed by atoms with van der Waals surface area (Å²) in [6.07, 6.45) is 1.60. The number of benzene rings is 1. The zero-order chi connectivity index (χ0) is 17.0. The Morgan fingerprint density at radius 2 is 1.74 bits per heavy atom. The summed E-state index contributed by atoms with van der Waals surface area (Å²) in [6, 6.07) is 11.6. The number of ether oxygens (including phenoxy) is 1. The average Bonchev–Trinajstić information content (AvgIpc) is 2.42. The fourth-order valence-electron chi connectivity index (χ4n) is 3.32. The highest BCUT2D eigenvalue weighted by Crippen LogP contribution is 2.25. The van der Waals surface area contributed by atoms with Crippen LogP contribution < -0.4 is 5.32 Å². The summed E-state index contributed by atoms with van der Waals surface area (Å²) in [5, 5.41) is 3.03. The summed E-state index contributed by atoms with van der Waals surface area (Å²) in [6.45, 7) is 11.1. The van der Waals surface area contributed by atoms with Gasteiger partial charge in [-0.25, -0.2) is 4.79 Å². The molecule has 1 aromatic rings. The van der Waals surface area contributed by atoms with Crippen LogP contribution in [0.15, 0.2) is 30.3 Å². The standard InChI is InChI=1S/C19H30N2O2/c1-14-11-17(20-18(22)23-19(3,4)5)12-15(2)21(14)13-16-9-7-6-8-10-16/h6-10,14-15,17H,11-13H2,1-5H3,(H,20,22)/t14-,15-/m0/s1. The van der Waals surface area contributed by atoms with Crippen molar-refractivity contribution in [2.75, 3.05) is 0 Å². The molecular weight excluding hydrogens is 288 g/mol. The minimum absolute atomic E-state index is 0.182. The molecule has 1 fully saturated rings. The number of nitrogens with zero attached hydrogens (tertiary/aromatic N) is 1. The first kappa shape index (κ1) is 17.8. The number of hydrogen-bond acceptors (Lipinski definition) is 3. The third-order valence-electron chi connectivity index (χ3n) is 4.31. The van der Waals surface area contributed by atoms with Crippen LogP contribution in [0.4, 0.5) is 4.79 Å². The molecule has 1 heterocycles. The van der Waals surface area contributed by atoms with Gasteiger partial charge in [0.2, 0.25) is 0 Å². The van der Waals surface area contributed by atoms with Crippen molar-refractivity contribution in [2.24, 2.45) is 0 Å². The minimum atomic E-state index is -0.449. The third kappa shape index (κ3) is 5.54. The maximum atomic E-state index is 12.0. The second-order valence-electron chi connectivity index (χ2n) is 7.67. The van der Waals surface area contributed by atoms with E-state index in [2.05, 4.69) is 48.3 Å². The highest BCUT2D eigenvalue weighted by atomic mass is 16.6. The second kappa shape index (κ2) is 7.35. The monoisotopic (exact) mass is 318 g/mol. The van der Waals surface area contributed by atoms with Crippen LogP contribution in [0.3, 0.4) is 0 Å². The van der Waals surface area contributed by atoms with Gasteiger partial charge in [0.1, 0.15) is 5.60 Å². The van der Waals surface area contributed by atoms with E-state index in [0.29, 0.717) is 12.1 Å². The van der Waals surface area contributed by atoms with E-state index in [-0.39, 0.29) is 12.1 Å². The van der Waals surface area contributed by atoms with Gasteiger partial charge in [-0.15, -0.1) is 0 Å². The van der Waals surface area contributed by atoms with Gasteiger partial charge in [-0.3, -0.25) is 4.90 Å². The predicted molar refractivity (Wildman–Crippen MR) is 93.3 cm³/mol. The summed E-state index contributed by atoms with van der Waals surface area (Å²) in [7, 11) is 0. The first-order chi connectivity index (χ1) is 10.7. The Morgan fingerprint density at radius 3 is 2.26 bits per heavy atom. The Labute approximate surface area is 140 Å². The number of rotatable bonds is 3. The van der Waals surface area contributed by atoms with Gasteiger partial charge in [0.25, 0.3) is 0 Å². The molecule has 0 aromatic heterocycles. The van der Waals surface area contributed by atoms with Crippen LogP contribution in [0, 0.1) is 0 Å². The molecule has 0 unspecified atom stereocenters. The average molecular weight is 318 g/mol. The fourth-order valence-corrected chi connectivity index (χ4v) is 3.32. The molecule has 4 nitrogen and oxygen atoms in total. The smallest absolute Gasteiger partial charge is 0.407 e. The molecule has 1 aliphatic rings. The van der Waals surface area contributed by atoms with E-state index < -0.39 is 5.60 Å². The molecule has 2 rings (SSSR count). The number of likely N-dealkylation sites (tertiary alicyclic amines) is 1. The number of piperidine rings is 1. The molecule has 0 radical (unpaired) electrons. The van der Waals surface area contributed by atoms with Gasteiger partial charge in [-0.1, -0.05) is 30.3 Å². The number of hydrogen-bond donors (Lipinski definition) is 1. The van der Waals surface area contributed by atoms with Crippen molar-refractivity contribution in [3.63, 3.8) is 0 Å². The normalized spacial score (nSPS) is 25.9.